The van der Waals surface area contributed by atoms with E-state index < -0.39 is 17.9 Å². The van der Waals surface area contributed by atoms with Crippen LogP contribution < -0.4 is 5.32 Å². The number of para-hydroxylation sites is 2. The van der Waals surface area contributed by atoms with Crippen molar-refractivity contribution in [2.45, 2.75) is 13.0 Å². The van der Waals surface area contributed by atoms with Gasteiger partial charge in [-0.15, -0.1) is 0 Å². The average molecular weight is 263 g/mol. The molecule has 7 nitrogen and oxygen atoms in total. The van der Waals surface area contributed by atoms with Gasteiger partial charge in [-0.3, -0.25) is 4.79 Å². The van der Waals surface area contributed by atoms with Gasteiger partial charge in [0.25, 0.3) is 5.91 Å². The van der Waals surface area contributed by atoms with E-state index in [2.05, 4.69) is 15.0 Å². The first kappa shape index (κ1) is 12.9. The highest BCUT2D eigenvalue weighted by Crippen LogP contribution is 2.13. The zero-order chi connectivity index (χ0) is 14.0. The number of hydrogen-bond donors (Lipinski definition) is 2. The van der Waals surface area contributed by atoms with Gasteiger partial charge in [0.05, 0.1) is 12.6 Å². The molecule has 1 aromatic heterocycles. The maximum absolute atomic E-state index is 11.9. The van der Waals surface area contributed by atoms with Crippen molar-refractivity contribution in [2.75, 3.05) is 7.11 Å². The van der Waals surface area contributed by atoms with Crippen LogP contribution in [0.3, 0.4) is 0 Å². The van der Waals surface area contributed by atoms with Gasteiger partial charge in [-0.25, -0.2) is 9.78 Å². The number of carbonyl (C=O) groups is 2. The van der Waals surface area contributed by atoms with Gasteiger partial charge < -0.3 is 15.3 Å². The Kier molecular flexibility index (Phi) is 3.37. The first-order chi connectivity index (χ1) is 9.04. The third-order valence-electron chi connectivity index (χ3n) is 2.64. The summed E-state index contributed by atoms with van der Waals surface area (Å²) < 4.78 is 5.18. The first-order valence-corrected chi connectivity index (χ1v) is 5.60. The minimum atomic E-state index is -0.822. The largest absolute Gasteiger partial charge is 0.467 e. The van der Waals surface area contributed by atoms with Gasteiger partial charge in [-0.2, -0.15) is 4.73 Å². The minimum Gasteiger partial charge on any atom is -0.467 e. The zero-order valence-electron chi connectivity index (χ0n) is 10.5. The number of fused-ring (bicyclic) bond motifs is 1. The molecule has 1 aromatic carbocycles. The monoisotopic (exact) mass is 263 g/mol. The van der Waals surface area contributed by atoms with E-state index in [4.69, 9.17) is 0 Å². The molecule has 0 saturated heterocycles. The van der Waals surface area contributed by atoms with E-state index in [1.165, 1.54) is 14.0 Å². The molecule has 1 unspecified atom stereocenters. The summed E-state index contributed by atoms with van der Waals surface area (Å²) >= 11 is 0. The van der Waals surface area contributed by atoms with Crippen molar-refractivity contribution in [2.24, 2.45) is 0 Å². The number of carbonyl (C=O) groups excluding carboxylic acids is 2. The molecule has 1 heterocycles. The first-order valence-electron chi connectivity index (χ1n) is 5.60. The predicted molar refractivity (Wildman–Crippen MR) is 65.9 cm³/mol. The van der Waals surface area contributed by atoms with Crippen molar-refractivity contribution in [3.8, 4) is 0 Å². The maximum atomic E-state index is 11.9. The van der Waals surface area contributed by atoms with Gasteiger partial charge in [0.1, 0.15) is 11.6 Å². The summed E-state index contributed by atoms with van der Waals surface area (Å²) in [4.78, 5) is 27.1. The molecule has 7 heteroatoms. The Labute approximate surface area is 108 Å². The Morgan fingerprint density at radius 2 is 2.11 bits per heavy atom. The standard InChI is InChI=1S/C12H13N3O4/c1-7(12(17)19-2)13-11(16)10-14-8-5-3-4-6-9(8)15(10)18/h3-7,18H,1-2H3,(H,13,16). The van der Waals surface area contributed by atoms with E-state index in [1.807, 2.05) is 0 Å². The van der Waals surface area contributed by atoms with Crippen LogP contribution >= 0.6 is 0 Å². The maximum Gasteiger partial charge on any atom is 0.328 e. The quantitative estimate of drug-likeness (QED) is 0.623. The van der Waals surface area contributed by atoms with Gasteiger partial charge in [-0.1, -0.05) is 12.1 Å². The number of amides is 1. The van der Waals surface area contributed by atoms with Crippen molar-refractivity contribution in [1.82, 2.24) is 15.0 Å². The zero-order valence-corrected chi connectivity index (χ0v) is 10.5. The summed E-state index contributed by atoms with van der Waals surface area (Å²) in [6.45, 7) is 1.48. The second kappa shape index (κ2) is 4.97. The smallest absolute Gasteiger partial charge is 0.328 e. The second-order valence-corrected chi connectivity index (χ2v) is 3.95. The summed E-state index contributed by atoms with van der Waals surface area (Å²) in [6, 6.07) is 5.94. The number of methoxy groups -OCH3 is 1. The number of esters is 1. The van der Waals surface area contributed by atoms with Crippen LogP contribution in [0.4, 0.5) is 0 Å². The van der Waals surface area contributed by atoms with Crippen LogP contribution in [0.2, 0.25) is 0 Å². The van der Waals surface area contributed by atoms with Crippen LogP contribution in [0.1, 0.15) is 17.5 Å². The highest BCUT2D eigenvalue weighted by atomic mass is 16.5. The van der Waals surface area contributed by atoms with Gasteiger partial charge in [0.15, 0.2) is 0 Å². The SMILES string of the molecule is COC(=O)C(C)NC(=O)c1nc2ccccc2n1O. The lowest BCUT2D eigenvalue weighted by Gasteiger charge is -2.10. The number of hydrogen-bond acceptors (Lipinski definition) is 5. The molecule has 2 aromatic rings. The number of nitrogens with zero attached hydrogens (tertiary/aromatic N) is 2. The number of benzene rings is 1. The molecule has 0 aliphatic rings. The van der Waals surface area contributed by atoms with E-state index in [0.29, 0.717) is 15.8 Å². The summed E-state index contributed by atoms with van der Waals surface area (Å²) in [5, 5.41) is 12.2. The van der Waals surface area contributed by atoms with Gasteiger partial charge >= 0.3 is 5.97 Å². The third-order valence-corrected chi connectivity index (χ3v) is 2.64. The molecule has 19 heavy (non-hydrogen) atoms. The summed E-state index contributed by atoms with van der Waals surface area (Å²) in [5.74, 6) is -1.41. The van der Waals surface area contributed by atoms with Crippen LogP contribution in [0, 0.1) is 0 Å². The van der Waals surface area contributed by atoms with E-state index in [9.17, 15) is 14.8 Å². The topological polar surface area (TPSA) is 93.5 Å². The van der Waals surface area contributed by atoms with Crippen LogP contribution in [-0.2, 0) is 9.53 Å². The Balaban J connectivity index is 2.27. The lowest BCUT2D eigenvalue weighted by molar-refractivity contribution is -0.142. The van der Waals surface area contributed by atoms with Gasteiger partial charge in [0.2, 0.25) is 5.82 Å². The lowest BCUT2D eigenvalue weighted by atomic mass is 10.3. The normalized spacial score (nSPS) is 12.1. The summed E-state index contributed by atoms with van der Waals surface area (Å²) in [7, 11) is 1.23. The summed E-state index contributed by atoms with van der Waals surface area (Å²) in [5.41, 5.74) is 0.902. The van der Waals surface area contributed by atoms with E-state index in [1.54, 1.807) is 24.3 Å². The Hall–Kier alpha value is -2.57. The molecule has 0 radical (unpaired) electrons. The molecule has 0 fully saturated rings. The molecule has 0 bridgehead atoms. The highest BCUT2D eigenvalue weighted by molar-refractivity contribution is 5.96. The molecule has 2 rings (SSSR count). The molecule has 2 N–H and O–H groups in total. The van der Waals surface area contributed by atoms with E-state index in [0.717, 1.165) is 0 Å². The van der Waals surface area contributed by atoms with E-state index >= 15 is 0 Å². The van der Waals surface area contributed by atoms with Crippen LogP contribution in [-0.4, -0.2) is 39.9 Å². The molecule has 1 atom stereocenters. The lowest BCUT2D eigenvalue weighted by Crippen LogP contribution is -2.40. The number of nitrogens with one attached hydrogen (secondary N) is 1. The van der Waals surface area contributed by atoms with Gasteiger partial charge in [-0.05, 0) is 19.1 Å². The molecule has 0 aliphatic heterocycles. The van der Waals surface area contributed by atoms with Crippen molar-refractivity contribution in [3.63, 3.8) is 0 Å². The predicted octanol–water partition coefficient (Wildman–Crippen LogP) is 0.565. The molecule has 1 amide bonds. The average Bonchev–Trinajstić information content (AvgIpc) is 2.75. The Morgan fingerprint density at radius 1 is 1.42 bits per heavy atom. The number of imidazole rings is 1. The fourth-order valence-corrected chi connectivity index (χ4v) is 1.66. The van der Waals surface area contributed by atoms with Gasteiger partial charge in [0, 0.05) is 0 Å². The van der Waals surface area contributed by atoms with Crippen molar-refractivity contribution in [3.05, 3.63) is 30.1 Å². The Morgan fingerprint density at radius 3 is 2.74 bits per heavy atom. The molecular formula is C12H13N3O4. The molecular weight excluding hydrogens is 250 g/mol. The van der Waals surface area contributed by atoms with Crippen LogP contribution in [0.25, 0.3) is 11.0 Å². The number of rotatable bonds is 3. The van der Waals surface area contributed by atoms with Crippen LogP contribution in [0.5, 0.6) is 0 Å². The number of ether oxygens (including phenoxy) is 1. The summed E-state index contributed by atoms with van der Waals surface area (Å²) in [6.07, 6.45) is 0. The minimum absolute atomic E-state index is 0.183. The number of aromatic nitrogens is 2. The molecule has 0 aliphatic carbocycles. The van der Waals surface area contributed by atoms with E-state index in [-0.39, 0.29) is 5.82 Å². The fraction of sp³-hybridized carbons (Fsp3) is 0.250. The fourth-order valence-electron chi connectivity index (χ4n) is 1.66. The second-order valence-electron chi connectivity index (χ2n) is 3.95. The highest BCUT2D eigenvalue weighted by Gasteiger charge is 2.22. The van der Waals surface area contributed by atoms with Crippen molar-refractivity contribution < 1.29 is 19.5 Å². The molecule has 0 spiro atoms. The van der Waals surface area contributed by atoms with Crippen LogP contribution in [0.15, 0.2) is 24.3 Å². The van der Waals surface area contributed by atoms with Crippen molar-refractivity contribution in [1.29, 1.82) is 0 Å². The Bertz CT molecular complexity index is 635. The molecule has 0 saturated carbocycles. The third kappa shape index (κ3) is 2.35. The van der Waals surface area contributed by atoms with Crippen molar-refractivity contribution >= 4 is 22.9 Å². The molecule has 100 valence electrons.